The summed E-state index contributed by atoms with van der Waals surface area (Å²) in [4.78, 5) is 24.6. The quantitative estimate of drug-likeness (QED) is 0.525. The number of hydrogen-bond acceptors (Lipinski definition) is 5. The number of nitrogens with two attached hydrogens (primary N) is 1. The van der Waals surface area contributed by atoms with Crippen molar-refractivity contribution in [3.63, 3.8) is 0 Å². The zero-order chi connectivity index (χ0) is 21.6. The number of aromatic hydroxyl groups is 1. The topological polar surface area (TPSA) is 107 Å². The van der Waals surface area contributed by atoms with Crippen LogP contribution in [-0.2, 0) is 13.0 Å². The third-order valence-electron chi connectivity index (χ3n) is 5.07. The molecule has 0 fully saturated rings. The number of carbonyl (C=O) groups is 1. The van der Waals surface area contributed by atoms with Gasteiger partial charge in [0.2, 0.25) is 5.43 Å². The molecule has 30 heavy (non-hydrogen) atoms. The number of carbonyl (C=O) groups excluding carboxylic acids is 1. The van der Waals surface area contributed by atoms with E-state index in [2.05, 4.69) is 5.32 Å². The Hall–Kier alpha value is -3.16. The molecule has 0 spiro atoms. The molecule has 1 aliphatic rings. The summed E-state index contributed by atoms with van der Waals surface area (Å²) in [5, 5.41) is 13.3. The number of nitrogen functional groups attached to an aromatic ring is 1. The molecule has 0 unspecified atom stereocenters. The fraction of sp³-hybridized carbons (Fsp3) is 0.143. The molecule has 0 radical (unpaired) electrons. The van der Waals surface area contributed by atoms with Crippen LogP contribution in [0.4, 0.5) is 0 Å². The fourth-order valence-electron chi connectivity index (χ4n) is 3.56. The Morgan fingerprint density at radius 2 is 1.93 bits per heavy atom. The maximum Gasteiger partial charge on any atom is 0.273 e. The summed E-state index contributed by atoms with van der Waals surface area (Å²) in [7, 11) is 1.39. The van der Waals surface area contributed by atoms with Crippen molar-refractivity contribution in [1.82, 2.24) is 9.99 Å². The molecular weight excluding hydrogens is 429 g/mol. The molecule has 9 heteroatoms. The molecule has 1 aliphatic heterocycles. The average Bonchev–Trinajstić information content (AvgIpc) is 2.90. The van der Waals surface area contributed by atoms with Gasteiger partial charge in [-0.25, -0.2) is 0 Å². The average molecular weight is 446 g/mol. The molecule has 3 aromatic rings. The molecule has 154 valence electrons. The molecule has 2 heterocycles. The minimum atomic E-state index is -0.710. The van der Waals surface area contributed by atoms with E-state index >= 15 is 0 Å². The van der Waals surface area contributed by atoms with E-state index in [4.69, 9.17) is 33.8 Å². The fourth-order valence-corrected chi connectivity index (χ4v) is 3.90. The summed E-state index contributed by atoms with van der Waals surface area (Å²) in [6.45, 7) is 0.281. The van der Waals surface area contributed by atoms with Crippen molar-refractivity contribution in [2.45, 2.75) is 13.0 Å². The van der Waals surface area contributed by atoms with E-state index < -0.39 is 17.1 Å². The van der Waals surface area contributed by atoms with Crippen molar-refractivity contribution in [3.8, 4) is 22.8 Å². The Morgan fingerprint density at radius 3 is 2.67 bits per heavy atom. The van der Waals surface area contributed by atoms with Crippen LogP contribution >= 0.6 is 23.2 Å². The monoisotopic (exact) mass is 445 g/mol. The largest absolute Gasteiger partial charge is 0.502 e. The second-order valence-electron chi connectivity index (χ2n) is 6.82. The number of amides is 1. The van der Waals surface area contributed by atoms with Gasteiger partial charge in [-0.05, 0) is 17.2 Å². The van der Waals surface area contributed by atoms with Gasteiger partial charge in [0.15, 0.2) is 11.4 Å². The zero-order valence-electron chi connectivity index (χ0n) is 15.8. The predicted octanol–water partition coefficient (Wildman–Crippen LogP) is 3.08. The number of benzene rings is 2. The molecule has 0 saturated carbocycles. The van der Waals surface area contributed by atoms with Crippen molar-refractivity contribution >= 4 is 29.1 Å². The molecular formula is C21H17Cl2N3O4. The Bertz CT molecular complexity index is 1250. The first kappa shape index (κ1) is 20.1. The molecule has 4 rings (SSSR count). The highest BCUT2D eigenvalue weighted by Crippen LogP contribution is 2.38. The van der Waals surface area contributed by atoms with Gasteiger partial charge >= 0.3 is 0 Å². The molecule has 2 aromatic carbocycles. The van der Waals surface area contributed by atoms with E-state index in [1.54, 1.807) is 18.2 Å². The zero-order valence-corrected chi connectivity index (χ0v) is 17.3. The van der Waals surface area contributed by atoms with Crippen LogP contribution in [0.15, 0.2) is 41.2 Å². The number of halogens is 2. The summed E-state index contributed by atoms with van der Waals surface area (Å²) < 4.78 is 6.93. The van der Waals surface area contributed by atoms with Gasteiger partial charge in [-0.2, -0.15) is 0 Å². The maximum atomic E-state index is 12.4. The molecule has 0 aliphatic carbocycles. The lowest BCUT2D eigenvalue weighted by Crippen LogP contribution is -2.30. The van der Waals surface area contributed by atoms with Gasteiger partial charge in [0.1, 0.15) is 12.4 Å². The lowest BCUT2D eigenvalue weighted by atomic mass is 9.93. The van der Waals surface area contributed by atoms with Gasteiger partial charge in [-0.3, -0.25) is 14.3 Å². The van der Waals surface area contributed by atoms with E-state index in [0.717, 1.165) is 21.4 Å². The number of rotatable bonds is 2. The van der Waals surface area contributed by atoms with Crippen LogP contribution in [0.2, 0.25) is 10.0 Å². The lowest BCUT2D eigenvalue weighted by Gasteiger charge is -2.18. The Balaban J connectivity index is 1.94. The number of pyridine rings is 1. The highest BCUT2D eigenvalue weighted by molar-refractivity contribution is 6.42. The molecule has 1 amide bonds. The van der Waals surface area contributed by atoms with Crippen molar-refractivity contribution in [2.24, 2.45) is 0 Å². The number of nitrogens with one attached hydrogen (secondary N) is 1. The van der Waals surface area contributed by atoms with Crippen molar-refractivity contribution in [2.75, 3.05) is 12.9 Å². The number of nitrogens with zero attached hydrogens (tertiary/aromatic N) is 1. The third-order valence-corrected chi connectivity index (χ3v) is 5.79. The Kier molecular flexibility index (Phi) is 5.09. The van der Waals surface area contributed by atoms with Gasteiger partial charge in [0, 0.05) is 36.7 Å². The number of fused-ring (bicyclic) bond motifs is 2. The van der Waals surface area contributed by atoms with E-state index in [-0.39, 0.29) is 18.0 Å². The van der Waals surface area contributed by atoms with Crippen molar-refractivity contribution < 1.29 is 14.6 Å². The Morgan fingerprint density at radius 1 is 1.20 bits per heavy atom. The van der Waals surface area contributed by atoms with Crippen LogP contribution in [-0.4, -0.2) is 22.7 Å². The minimum Gasteiger partial charge on any atom is -0.502 e. The molecule has 4 N–H and O–H groups in total. The SMILES string of the molecule is CNC(=O)c1c(O)c(=O)cc(-c2cccc3c2Cc2cc(Cl)c(Cl)cc2OC3)n1N. The van der Waals surface area contributed by atoms with Crippen molar-refractivity contribution in [3.05, 3.63) is 79.1 Å². The van der Waals surface area contributed by atoms with Crippen LogP contribution in [0, 0.1) is 0 Å². The van der Waals surface area contributed by atoms with E-state index in [1.165, 1.54) is 13.1 Å². The number of hydrogen-bond donors (Lipinski definition) is 3. The summed E-state index contributed by atoms with van der Waals surface area (Å²) >= 11 is 12.3. The summed E-state index contributed by atoms with van der Waals surface area (Å²) in [5.41, 5.74) is 2.48. The highest BCUT2D eigenvalue weighted by atomic mass is 35.5. The van der Waals surface area contributed by atoms with Gasteiger partial charge in [-0.1, -0.05) is 41.4 Å². The maximum absolute atomic E-state index is 12.4. The van der Waals surface area contributed by atoms with Gasteiger partial charge in [-0.15, -0.1) is 0 Å². The normalized spacial score (nSPS) is 12.4. The molecule has 1 aromatic heterocycles. The first-order valence-electron chi connectivity index (χ1n) is 8.99. The lowest BCUT2D eigenvalue weighted by molar-refractivity contribution is 0.0952. The summed E-state index contributed by atoms with van der Waals surface area (Å²) in [6.07, 6.45) is 0.447. The van der Waals surface area contributed by atoms with Crippen LogP contribution < -0.4 is 21.3 Å². The molecule has 0 saturated heterocycles. The first-order valence-corrected chi connectivity index (χ1v) is 9.75. The van der Waals surface area contributed by atoms with Crippen LogP contribution in [0.5, 0.6) is 11.5 Å². The van der Waals surface area contributed by atoms with Gasteiger partial charge < -0.3 is 21.0 Å². The van der Waals surface area contributed by atoms with Gasteiger partial charge in [0.25, 0.3) is 5.91 Å². The minimum absolute atomic E-state index is 0.281. The van der Waals surface area contributed by atoms with E-state index in [9.17, 15) is 14.7 Å². The third kappa shape index (κ3) is 3.26. The van der Waals surface area contributed by atoms with Crippen LogP contribution in [0.25, 0.3) is 11.3 Å². The molecule has 0 bridgehead atoms. The highest BCUT2D eigenvalue weighted by Gasteiger charge is 2.24. The summed E-state index contributed by atoms with van der Waals surface area (Å²) in [6, 6.07) is 10.1. The van der Waals surface area contributed by atoms with Crippen molar-refractivity contribution in [1.29, 1.82) is 0 Å². The van der Waals surface area contributed by atoms with Crippen LogP contribution in [0.1, 0.15) is 27.2 Å². The smallest absolute Gasteiger partial charge is 0.273 e. The standard InChI is InChI=1S/C21H17Cl2N3O4/c1-25-21(29)19-20(28)17(27)8-16(26(19)24)12-4-2-3-10-9-30-18-7-15(23)14(22)6-11(18)5-13(10)12/h2-4,6-8,28H,5,9,24H2,1H3,(H,25,29). The van der Waals surface area contributed by atoms with Crippen LogP contribution in [0.3, 0.4) is 0 Å². The second kappa shape index (κ2) is 7.59. The number of aromatic nitrogens is 1. The second-order valence-corrected chi connectivity index (χ2v) is 7.64. The predicted molar refractivity (Wildman–Crippen MR) is 115 cm³/mol. The number of ether oxygens (including phenoxy) is 1. The summed E-state index contributed by atoms with van der Waals surface area (Å²) in [5.74, 6) is 5.39. The van der Waals surface area contributed by atoms with E-state index in [0.29, 0.717) is 27.8 Å². The first-order chi connectivity index (χ1) is 14.3. The van der Waals surface area contributed by atoms with E-state index in [1.807, 2.05) is 12.1 Å². The van der Waals surface area contributed by atoms with Gasteiger partial charge in [0.05, 0.1) is 15.7 Å². The molecule has 7 nitrogen and oxygen atoms in total. The molecule has 0 atom stereocenters. The Labute approximate surface area is 181 Å².